The van der Waals surface area contributed by atoms with Crippen LogP contribution in [0.1, 0.15) is 42.4 Å². The molecule has 2 heterocycles. The molecule has 0 atom stereocenters. The van der Waals surface area contributed by atoms with E-state index in [0.29, 0.717) is 11.4 Å². The van der Waals surface area contributed by atoms with E-state index in [0.717, 1.165) is 49.8 Å². The SMILES string of the molecule is Cc1ccc2c(c1)C1(CCN(C3CC3)CC1)CN2C(=O)Cc1ccc(Cl)cc1. The molecule has 3 nitrogen and oxygen atoms in total. The largest absolute Gasteiger partial charge is 0.311 e. The fraction of sp³-hybridized carbons (Fsp3) is 0.458. The third-order valence-electron chi connectivity index (χ3n) is 6.86. The highest BCUT2D eigenvalue weighted by molar-refractivity contribution is 6.30. The van der Waals surface area contributed by atoms with Gasteiger partial charge < -0.3 is 9.80 Å². The van der Waals surface area contributed by atoms with Crippen LogP contribution in [0.5, 0.6) is 0 Å². The van der Waals surface area contributed by atoms with E-state index >= 15 is 0 Å². The summed E-state index contributed by atoms with van der Waals surface area (Å²) >= 11 is 5.99. The predicted molar refractivity (Wildman–Crippen MR) is 114 cm³/mol. The second-order valence-electron chi connectivity index (χ2n) is 8.85. The lowest BCUT2D eigenvalue weighted by molar-refractivity contribution is -0.118. The molecule has 0 aromatic heterocycles. The molecular formula is C24H27ClN2O. The molecule has 0 unspecified atom stereocenters. The van der Waals surface area contributed by atoms with Gasteiger partial charge in [0.25, 0.3) is 0 Å². The van der Waals surface area contributed by atoms with E-state index in [9.17, 15) is 4.79 Å². The maximum Gasteiger partial charge on any atom is 0.231 e. The number of halogens is 1. The van der Waals surface area contributed by atoms with Crippen molar-refractivity contribution in [3.63, 3.8) is 0 Å². The molecule has 2 aliphatic heterocycles. The molecule has 2 aromatic carbocycles. The first-order chi connectivity index (χ1) is 13.5. The molecule has 0 N–H and O–H groups in total. The Labute approximate surface area is 172 Å². The third-order valence-corrected chi connectivity index (χ3v) is 7.12. The topological polar surface area (TPSA) is 23.6 Å². The minimum Gasteiger partial charge on any atom is -0.311 e. The van der Waals surface area contributed by atoms with Crippen LogP contribution in [0.25, 0.3) is 0 Å². The van der Waals surface area contributed by atoms with Crippen LogP contribution in [0.2, 0.25) is 5.02 Å². The lowest BCUT2D eigenvalue weighted by atomic mass is 9.74. The summed E-state index contributed by atoms with van der Waals surface area (Å²) in [6.45, 7) is 5.32. The summed E-state index contributed by atoms with van der Waals surface area (Å²) in [4.78, 5) is 18.0. The summed E-state index contributed by atoms with van der Waals surface area (Å²) in [5.41, 5.74) is 4.96. The number of rotatable bonds is 3. The van der Waals surface area contributed by atoms with Gasteiger partial charge in [-0.3, -0.25) is 4.79 Å². The van der Waals surface area contributed by atoms with Gasteiger partial charge >= 0.3 is 0 Å². The van der Waals surface area contributed by atoms with Crippen LogP contribution in [-0.2, 0) is 16.6 Å². The van der Waals surface area contributed by atoms with Crippen molar-refractivity contribution in [2.24, 2.45) is 0 Å². The first-order valence-corrected chi connectivity index (χ1v) is 10.8. The van der Waals surface area contributed by atoms with Gasteiger partial charge in [0.2, 0.25) is 5.91 Å². The van der Waals surface area contributed by atoms with Gasteiger partial charge in [-0.15, -0.1) is 0 Å². The Morgan fingerprint density at radius 3 is 2.50 bits per heavy atom. The molecule has 2 aromatic rings. The maximum absolute atomic E-state index is 13.2. The second-order valence-corrected chi connectivity index (χ2v) is 9.29. The number of carbonyl (C=O) groups excluding carboxylic acids is 1. The van der Waals surface area contributed by atoms with Crippen LogP contribution in [0.15, 0.2) is 42.5 Å². The molecule has 146 valence electrons. The van der Waals surface area contributed by atoms with E-state index in [-0.39, 0.29) is 11.3 Å². The van der Waals surface area contributed by atoms with Crippen molar-refractivity contribution in [3.8, 4) is 0 Å². The zero-order chi connectivity index (χ0) is 19.3. The molecule has 0 bridgehead atoms. The van der Waals surface area contributed by atoms with Gasteiger partial charge in [0.15, 0.2) is 0 Å². The first-order valence-electron chi connectivity index (χ1n) is 10.4. The highest BCUT2D eigenvalue weighted by atomic mass is 35.5. The average molecular weight is 395 g/mol. The number of carbonyl (C=O) groups is 1. The Kier molecular flexibility index (Phi) is 4.48. The number of piperidine rings is 1. The van der Waals surface area contributed by atoms with Crippen molar-refractivity contribution >= 4 is 23.2 Å². The summed E-state index contributed by atoms with van der Waals surface area (Å²) in [7, 11) is 0. The molecule has 28 heavy (non-hydrogen) atoms. The fourth-order valence-corrected chi connectivity index (χ4v) is 5.19. The molecular weight excluding hydrogens is 368 g/mol. The lowest BCUT2D eigenvalue weighted by Gasteiger charge is -2.40. The van der Waals surface area contributed by atoms with Gasteiger partial charge in [0, 0.05) is 28.7 Å². The van der Waals surface area contributed by atoms with Gasteiger partial charge in [-0.2, -0.15) is 0 Å². The average Bonchev–Trinajstić information content (AvgIpc) is 3.49. The quantitative estimate of drug-likeness (QED) is 0.751. The molecule has 1 saturated carbocycles. The van der Waals surface area contributed by atoms with Gasteiger partial charge in [-0.25, -0.2) is 0 Å². The Bertz CT molecular complexity index is 895. The van der Waals surface area contributed by atoms with E-state index in [1.165, 1.54) is 24.0 Å². The Morgan fingerprint density at radius 1 is 1.11 bits per heavy atom. The molecule has 1 amide bonds. The zero-order valence-corrected chi connectivity index (χ0v) is 17.2. The fourth-order valence-electron chi connectivity index (χ4n) is 5.06. The minimum absolute atomic E-state index is 0.127. The smallest absolute Gasteiger partial charge is 0.231 e. The Morgan fingerprint density at radius 2 is 1.82 bits per heavy atom. The first kappa shape index (κ1) is 18.2. The van der Waals surface area contributed by atoms with Crippen LogP contribution < -0.4 is 4.90 Å². The van der Waals surface area contributed by atoms with Gasteiger partial charge in [0.05, 0.1) is 6.42 Å². The van der Waals surface area contributed by atoms with Crippen molar-refractivity contribution in [1.29, 1.82) is 0 Å². The molecule has 5 rings (SSSR count). The summed E-state index contributed by atoms with van der Waals surface area (Å²) < 4.78 is 0. The maximum atomic E-state index is 13.2. The standard InChI is InChI=1S/C24H27ClN2O/c1-17-2-9-22-21(14-17)24(10-12-26(13-11-24)20-7-8-20)16-27(22)23(28)15-18-3-5-19(25)6-4-18/h2-6,9,14,20H,7-8,10-13,15-16H2,1H3. The minimum atomic E-state index is 0.127. The number of amides is 1. The number of hydrogen-bond acceptors (Lipinski definition) is 2. The van der Waals surface area contributed by atoms with Crippen molar-refractivity contribution in [2.45, 2.75) is 50.5 Å². The molecule has 1 aliphatic carbocycles. The number of fused-ring (bicyclic) bond motifs is 2. The Hall–Kier alpha value is -1.84. The molecule has 4 heteroatoms. The number of hydrogen-bond donors (Lipinski definition) is 0. The summed E-state index contributed by atoms with van der Waals surface area (Å²) in [6, 6.07) is 15.1. The number of aryl methyl sites for hydroxylation is 1. The van der Waals surface area contributed by atoms with Crippen LogP contribution in [0, 0.1) is 6.92 Å². The normalized spacial score (nSPS) is 21.1. The predicted octanol–water partition coefficient (Wildman–Crippen LogP) is 4.73. The van der Waals surface area contributed by atoms with Gasteiger partial charge in [-0.1, -0.05) is 41.4 Å². The number of anilines is 1. The molecule has 1 spiro atoms. The van der Waals surface area contributed by atoms with Gasteiger partial charge in [0.1, 0.15) is 0 Å². The van der Waals surface area contributed by atoms with Crippen LogP contribution in [0.4, 0.5) is 5.69 Å². The zero-order valence-electron chi connectivity index (χ0n) is 16.5. The lowest BCUT2D eigenvalue weighted by Crippen LogP contribution is -2.46. The van der Waals surface area contributed by atoms with E-state index in [1.54, 1.807) is 0 Å². The van der Waals surface area contributed by atoms with Crippen molar-refractivity contribution in [2.75, 3.05) is 24.5 Å². The van der Waals surface area contributed by atoms with Crippen molar-refractivity contribution in [1.82, 2.24) is 4.90 Å². The highest BCUT2D eigenvalue weighted by Crippen LogP contribution is 2.48. The van der Waals surface area contributed by atoms with Crippen LogP contribution in [-0.4, -0.2) is 36.5 Å². The van der Waals surface area contributed by atoms with Crippen molar-refractivity contribution < 1.29 is 4.79 Å². The summed E-state index contributed by atoms with van der Waals surface area (Å²) in [5.74, 6) is 0.189. The van der Waals surface area contributed by atoms with E-state index in [1.807, 2.05) is 24.3 Å². The number of likely N-dealkylation sites (tertiary alicyclic amines) is 1. The van der Waals surface area contributed by atoms with Crippen LogP contribution in [0.3, 0.4) is 0 Å². The number of nitrogens with zero attached hydrogens (tertiary/aromatic N) is 2. The van der Waals surface area contributed by atoms with Gasteiger partial charge in [-0.05, 0) is 75.0 Å². The highest BCUT2D eigenvalue weighted by Gasteiger charge is 2.47. The molecule has 1 saturated heterocycles. The summed E-state index contributed by atoms with van der Waals surface area (Å²) in [6.07, 6.45) is 5.48. The van der Waals surface area contributed by atoms with Crippen LogP contribution >= 0.6 is 11.6 Å². The summed E-state index contributed by atoms with van der Waals surface area (Å²) in [5, 5.41) is 0.708. The monoisotopic (exact) mass is 394 g/mol. The van der Waals surface area contributed by atoms with Crippen molar-refractivity contribution in [3.05, 3.63) is 64.2 Å². The molecule has 2 fully saturated rings. The molecule has 3 aliphatic rings. The molecule has 0 radical (unpaired) electrons. The van der Waals surface area contributed by atoms with E-state index in [4.69, 9.17) is 11.6 Å². The Balaban J connectivity index is 1.41. The van der Waals surface area contributed by atoms with E-state index < -0.39 is 0 Å². The number of benzene rings is 2. The second kappa shape index (κ2) is 6.89. The van der Waals surface area contributed by atoms with E-state index in [2.05, 4.69) is 34.9 Å². The third kappa shape index (κ3) is 3.25.